The van der Waals surface area contributed by atoms with E-state index in [1.807, 2.05) is 13.8 Å². The number of aromatic nitrogens is 2. The summed E-state index contributed by atoms with van der Waals surface area (Å²) in [6.45, 7) is 6.85. The standard InChI is InChI=1S/C26H33N5O4/c1-5-10-28-26(34)30(4)16-23-18(2)15-31(19(3)17-32)25(33)22-13-21(14-29-24(22)35-23)7-6-20-8-11-27-12-9-20/h8-9,11-14,18-19,23,32H,5,10,15-17H2,1-4H3,(H,28,34)/t18-,19-,23+/m1/s1. The highest BCUT2D eigenvalue weighted by atomic mass is 16.5. The minimum absolute atomic E-state index is 0.115. The number of hydrogen-bond acceptors (Lipinski definition) is 6. The molecular weight excluding hydrogens is 446 g/mol. The molecule has 0 unspecified atom stereocenters. The van der Waals surface area contributed by atoms with Crippen LogP contribution in [0, 0.1) is 17.8 Å². The summed E-state index contributed by atoms with van der Waals surface area (Å²) in [4.78, 5) is 37.5. The first kappa shape index (κ1) is 26.0. The second-order valence-electron chi connectivity index (χ2n) is 8.80. The van der Waals surface area contributed by atoms with Crippen molar-refractivity contribution in [2.24, 2.45) is 5.92 Å². The maximum Gasteiger partial charge on any atom is 0.317 e. The fraction of sp³-hybridized carbons (Fsp3) is 0.462. The normalized spacial score (nSPS) is 18.2. The summed E-state index contributed by atoms with van der Waals surface area (Å²) < 4.78 is 6.23. The average molecular weight is 480 g/mol. The predicted molar refractivity (Wildman–Crippen MR) is 132 cm³/mol. The lowest BCUT2D eigenvalue weighted by molar-refractivity contribution is 0.0352. The van der Waals surface area contributed by atoms with Gasteiger partial charge in [0.05, 0.1) is 19.2 Å². The molecule has 3 amide bonds. The van der Waals surface area contributed by atoms with Gasteiger partial charge in [-0.2, -0.15) is 0 Å². The van der Waals surface area contributed by atoms with Crippen molar-refractivity contribution in [3.63, 3.8) is 0 Å². The number of fused-ring (bicyclic) bond motifs is 1. The van der Waals surface area contributed by atoms with E-state index in [4.69, 9.17) is 4.74 Å². The van der Waals surface area contributed by atoms with Gasteiger partial charge in [0.1, 0.15) is 11.7 Å². The lowest BCUT2D eigenvalue weighted by Crippen LogP contribution is -2.51. The molecule has 186 valence electrons. The van der Waals surface area contributed by atoms with Gasteiger partial charge in [0, 0.05) is 55.8 Å². The van der Waals surface area contributed by atoms with Crippen molar-refractivity contribution in [2.75, 3.05) is 33.3 Å². The van der Waals surface area contributed by atoms with Gasteiger partial charge in [-0.25, -0.2) is 9.78 Å². The molecule has 0 spiro atoms. The summed E-state index contributed by atoms with van der Waals surface area (Å²) in [6.07, 6.45) is 5.33. The molecule has 2 N–H and O–H groups in total. The van der Waals surface area contributed by atoms with Crippen molar-refractivity contribution in [1.82, 2.24) is 25.1 Å². The Morgan fingerprint density at radius 1 is 1.34 bits per heavy atom. The first-order valence-corrected chi connectivity index (χ1v) is 11.8. The molecule has 1 aliphatic rings. The summed E-state index contributed by atoms with van der Waals surface area (Å²) in [7, 11) is 1.71. The minimum Gasteiger partial charge on any atom is -0.472 e. The van der Waals surface area contributed by atoms with Crippen LogP contribution >= 0.6 is 0 Å². The van der Waals surface area contributed by atoms with E-state index in [9.17, 15) is 14.7 Å². The Bertz CT molecular complexity index is 1080. The maximum absolute atomic E-state index is 13.5. The molecule has 0 fully saturated rings. The number of pyridine rings is 2. The SMILES string of the molecule is CCCNC(=O)N(C)C[C@@H]1Oc2ncc(C#Cc3ccncc3)cc2C(=O)N([C@H](C)CO)C[C@H]1C. The molecule has 1 aliphatic heterocycles. The summed E-state index contributed by atoms with van der Waals surface area (Å²) in [6, 6.07) is 4.68. The average Bonchev–Trinajstić information content (AvgIpc) is 2.88. The number of carbonyl (C=O) groups excluding carboxylic acids is 2. The maximum atomic E-state index is 13.5. The number of urea groups is 1. The highest BCUT2D eigenvalue weighted by molar-refractivity contribution is 5.97. The van der Waals surface area contributed by atoms with Gasteiger partial charge in [0.2, 0.25) is 5.88 Å². The number of likely N-dealkylation sites (N-methyl/N-ethyl adjacent to an activating group) is 1. The molecule has 0 bridgehead atoms. The van der Waals surface area contributed by atoms with Crippen LogP contribution in [0.2, 0.25) is 0 Å². The van der Waals surface area contributed by atoms with Crippen molar-refractivity contribution in [3.8, 4) is 17.7 Å². The fourth-order valence-corrected chi connectivity index (χ4v) is 3.69. The summed E-state index contributed by atoms with van der Waals surface area (Å²) in [5.74, 6) is 5.88. The summed E-state index contributed by atoms with van der Waals surface area (Å²) in [5.41, 5.74) is 1.64. The van der Waals surface area contributed by atoms with Crippen LogP contribution < -0.4 is 10.1 Å². The Morgan fingerprint density at radius 2 is 2.06 bits per heavy atom. The number of ether oxygens (including phenoxy) is 1. The van der Waals surface area contributed by atoms with Crippen molar-refractivity contribution in [1.29, 1.82) is 0 Å². The largest absolute Gasteiger partial charge is 0.472 e. The Kier molecular flexibility index (Phi) is 9.04. The van der Waals surface area contributed by atoms with Crippen molar-refractivity contribution in [2.45, 2.75) is 39.3 Å². The zero-order chi connectivity index (χ0) is 25.4. The molecule has 2 aromatic heterocycles. The number of aliphatic hydroxyl groups is 1. The molecule has 3 rings (SSSR count). The number of nitrogens with zero attached hydrogens (tertiary/aromatic N) is 4. The molecule has 35 heavy (non-hydrogen) atoms. The van der Waals surface area contributed by atoms with Gasteiger partial charge < -0.3 is 25.0 Å². The Hall–Kier alpha value is -3.64. The van der Waals surface area contributed by atoms with Crippen LogP contribution in [0.15, 0.2) is 36.8 Å². The number of amides is 3. The van der Waals surface area contributed by atoms with E-state index in [0.29, 0.717) is 25.2 Å². The first-order chi connectivity index (χ1) is 16.8. The van der Waals surface area contributed by atoms with Crippen LogP contribution in [0.4, 0.5) is 4.79 Å². The molecule has 9 heteroatoms. The van der Waals surface area contributed by atoms with Gasteiger partial charge in [-0.15, -0.1) is 0 Å². The summed E-state index contributed by atoms with van der Waals surface area (Å²) >= 11 is 0. The van der Waals surface area contributed by atoms with Gasteiger partial charge in [-0.3, -0.25) is 9.78 Å². The lowest BCUT2D eigenvalue weighted by Gasteiger charge is -2.37. The van der Waals surface area contributed by atoms with Gasteiger partial charge in [0.15, 0.2) is 0 Å². The third-order valence-electron chi connectivity index (χ3n) is 5.88. The van der Waals surface area contributed by atoms with E-state index in [-0.39, 0.29) is 35.9 Å². The van der Waals surface area contributed by atoms with Crippen molar-refractivity contribution < 1.29 is 19.4 Å². The Balaban J connectivity index is 1.93. The molecule has 0 aromatic carbocycles. The quantitative estimate of drug-likeness (QED) is 0.615. The van der Waals surface area contributed by atoms with Crippen molar-refractivity contribution in [3.05, 3.63) is 53.5 Å². The molecule has 0 aliphatic carbocycles. The predicted octanol–water partition coefficient (Wildman–Crippen LogP) is 2.15. The van der Waals surface area contributed by atoms with Crippen molar-refractivity contribution >= 4 is 11.9 Å². The van der Waals surface area contributed by atoms with Crippen LogP contribution in [0.5, 0.6) is 5.88 Å². The van der Waals surface area contributed by atoms with Gasteiger partial charge >= 0.3 is 6.03 Å². The zero-order valence-corrected chi connectivity index (χ0v) is 20.7. The van der Waals surface area contributed by atoms with Gasteiger partial charge in [0.25, 0.3) is 5.91 Å². The van der Waals surface area contributed by atoms with E-state index in [1.165, 1.54) is 0 Å². The molecule has 2 aromatic rings. The highest BCUT2D eigenvalue weighted by Gasteiger charge is 2.34. The van der Waals surface area contributed by atoms with E-state index in [2.05, 4.69) is 27.1 Å². The number of aliphatic hydroxyl groups excluding tert-OH is 1. The molecular formula is C26H33N5O4. The lowest BCUT2D eigenvalue weighted by atomic mass is 10.00. The second kappa shape index (κ2) is 12.2. The third-order valence-corrected chi connectivity index (χ3v) is 5.88. The first-order valence-electron chi connectivity index (χ1n) is 11.8. The monoisotopic (exact) mass is 479 g/mol. The molecule has 0 saturated carbocycles. The number of carbonyl (C=O) groups is 2. The van der Waals surface area contributed by atoms with Crippen LogP contribution in [-0.4, -0.2) is 82.2 Å². The molecule has 0 saturated heterocycles. The van der Waals surface area contributed by atoms with E-state index in [0.717, 1.165) is 12.0 Å². The Labute approximate surface area is 206 Å². The number of nitrogens with one attached hydrogen (secondary N) is 1. The summed E-state index contributed by atoms with van der Waals surface area (Å²) in [5, 5.41) is 12.7. The van der Waals surface area contributed by atoms with E-state index >= 15 is 0 Å². The van der Waals surface area contributed by atoms with Crippen LogP contribution in [-0.2, 0) is 0 Å². The topological polar surface area (TPSA) is 108 Å². The molecule has 0 radical (unpaired) electrons. The minimum atomic E-state index is -0.408. The van der Waals surface area contributed by atoms with E-state index < -0.39 is 12.1 Å². The van der Waals surface area contributed by atoms with Crippen LogP contribution in [0.3, 0.4) is 0 Å². The number of hydrogen-bond donors (Lipinski definition) is 2. The number of rotatable bonds is 6. The van der Waals surface area contributed by atoms with E-state index in [1.54, 1.807) is 60.6 Å². The third kappa shape index (κ3) is 6.70. The molecule has 9 nitrogen and oxygen atoms in total. The molecule has 3 atom stereocenters. The zero-order valence-electron chi connectivity index (χ0n) is 20.7. The van der Waals surface area contributed by atoms with Gasteiger partial charge in [-0.05, 0) is 31.5 Å². The van der Waals surface area contributed by atoms with Crippen LogP contribution in [0.25, 0.3) is 0 Å². The smallest absolute Gasteiger partial charge is 0.317 e. The Morgan fingerprint density at radius 3 is 2.74 bits per heavy atom. The molecule has 3 heterocycles. The van der Waals surface area contributed by atoms with Crippen LogP contribution in [0.1, 0.15) is 48.7 Å². The second-order valence-corrected chi connectivity index (χ2v) is 8.80. The fourth-order valence-electron chi connectivity index (χ4n) is 3.69. The highest BCUT2D eigenvalue weighted by Crippen LogP contribution is 2.27. The van der Waals surface area contributed by atoms with Gasteiger partial charge in [-0.1, -0.05) is 25.7 Å².